The molecular weight excluding hydrogens is 302 g/mol. The van der Waals surface area contributed by atoms with Gasteiger partial charge >= 0.3 is 0 Å². The number of amides is 1. The number of hydrogen-bond donors (Lipinski definition) is 1. The van der Waals surface area contributed by atoms with Crippen molar-refractivity contribution >= 4 is 17.5 Å². The SMILES string of the molecule is O=C(c1cc(F)c(F)cc1Cl)N1CCCN(CCO)CC1. The lowest BCUT2D eigenvalue weighted by atomic mass is 10.1. The van der Waals surface area contributed by atoms with Crippen LogP contribution < -0.4 is 0 Å². The van der Waals surface area contributed by atoms with Crippen LogP contribution in [0.4, 0.5) is 8.78 Å². The molecule has 4 nitrogen and oxygen atoms in total. The molecule has 1 N–H and O–H groups in total. The predicted molar refractivity (Wildman–Crippen MR) is 75.4 cm³/mol. The van der Waals surface area contributed by atoms with Gasteiger partial charge in [-0.05, 0) is 25.1 Å². The fraction of sp³-hybridized carbons (Fsp3) is 0.500. The van der Waals surface area contributed by atoms with E-state index in [4.69, 9.17) is 16.7 Å². The van der Waals surface area contributed by atoms with Crippen molar-refractivity contribution in [1.82, 2.24) is 9.80 Å². The van der Waals surface area contributed by atoms with Crippen LogP contribution in [0, 0.1) is 11.6 Å². The van der Waals surface area contributed by atoms with Crippen molar-refractivity contribution in [1.29, 1.82) is 0 Å². The average molecular weight is 319 g/mol. The number of halogens is 3. The Morgan fingerprint density at radius 1 is 1.19 bits per heavy atom. The normalized spacial score (nSPS) is 16.9. The number of rotatable bonds is 3. The van der Waals surface area contributed by atoms with Crippen LogP contribution in [0.3, 0.4) is 0 Å². The van der Waals surface area contributed by atoms with Gasteiger partial charge in [-0.15, -0.1) is 0 Å². The summed E-state index contributed by atoms with van der Waals surface area (Å²) >= 11 is 5.84. The highest BCUT2D eigenvalue weighted by Crippen LogP contribution is 2.22. The first kappa shape index (κ1) is 16.1. The van der Waals surface area contributed by atoms with Gasteiger partial charge in [-0.2, -0.15) is 0 Å². The van der Waals surface area contributed by atoms with Crippen LogP contribution in [0.2, 0.25) is 5.02 Å². The minimum Gasteiger partial charge on any atom is -0.395 e. The van der Waals surface area contributed by atoms with Gasteiger partial charge in [0.25, 0.3) is 5.91 Å². The number of nitrogens with zero attached hydrogens (tertiary/aromatic N) is 2. The number of β-amino-alcohol motifs (C(OH)–C–C–N with tert-alkyl or cyclic N) is 1. The highest BCUT2D eigenvalue weighted by molar-refractivity contribution is 6.33. The molecule has 1 amide bonds. The van der Waals surface area contributed by atoms with E-state index in [9.17, 15) is 13.6 Å². The summed E-state index contributed by atoms with van der Waals surface area (Å²) < 4.78 is 26.3. The molecule has 116 valence electrons. The van der Waals surface area contributed by atoms with Crippen LogP contribution >= 0.6 is 11.6 Å². The quantitative estimate of drug-likeness (QED) is 0.864. The van der Waals surface area contributed by atoms with E-state index >= 15 is 0 Å². The Bertz CT molecular complexity index is 528. The average Bonchev–Trinajstić information content (AvgIpc) is 2.68. The van der Waals surface area contributed by atoms with Crippen LogP contribution in [0.25, 0.3) is 0 Å². The first-order chi connectivity index (χ1) is 10.0. The molecule has 0 bridgehead atoms. The molecule has 1 aliphatic rings. The second-order valence-electron chi connectivity index (χ2n) is 4.96. The Morgan fingerprint density at radius 2 is 1.90 bits per heavy atom. The van der Waals surface area contributed by atoms with Gasteiger partial charge in [-0.25, -0.2) is 8.78 Å². The lowest BCUT2D eigenvalue weighted by Gasteiger charge is -2.22. The Kier molecular flexibility index (Phi) is 5.50. The van der Waals surface area contributed by atoms with Crippen LogP contribution in [0.5, 0.6) is 0 Å². The molecule has 0 unspecified atom stereocenters. The molecule has 1 aromatic carbocycles. The Hall–Kier alpha value is -1.24. The van der Waals surface area contributed by atoms with Gasteiger partial charge in [-0.3, -0.25) is 9.69 Å². The largest absolute Gasteiger partial charge is 0.395 e. The first-order valence-electron chi connectivity index (χ1n) is 6.80. The minimum atomic E-state index is -1.08. The number of carbonyl (C=O) groups excluding carboxylic acids is 1. The van der Waals surface area contributed by atoms with E-state index in [1.54, 1.807) is 4.90 Å². The molecule has 0 saturated carbocycles. The topological polar surface area (TPSA) is 43.8 Å². The van der Waals surface area contributed by atoms with Crippen molar-refractivity contribution in [3.8, 4) is 0 Å². The van der Waals surface area contributed by atoms with Gasteiger partial charge in [0.05, 0.1) is 17.2 Å². The zero-order chi connectivity index (χ0) is 15.4. The fourth-order valence-electron chi connectivity index (χ4n) is 2.40. The van der Waals surface area contributed by atoms with Crippen molar-refractivity contribution in [3.05, 3.63) is 34.4 Å². The third-order valence-electron chi connectivity index (χ3n) is 3.53. The van der Waals surface area contributed by atoms with Gasteiger partial charge in [-0.1, -0.05) is 11.6 Å². The lowest BCUT2D eigenvalue weighted by Crippen LogP contribution is -2.36. The summed E-state index contributed by atoms with van der Waals surface area (Å²) in [5.74, 6) is -2.55. The van der Waals surface area contributed by atoms with E-state index in [0.717, 1.165) is 25.1 Å². The summed E-state index contributed by atoms with van der Waals surface area (Å²) in [5.41, 5.74) is -0.0221. The molecular formula is C14H17ClF2N2O2. The Balaban J connectivity index is 2.11. The summed E-state index contributed by atoms with van der Waals surface area (Å²) in [6, 6.07) is 1.66. The second-order valence-corrected chi connectivity index (χ2v) is 5.36. The molecule has 0 atom stereocenters. The van der Waals surface area contributed by atoms with Crippen molar-refractivity contribution in [3.63, 3.8) is 0 Å². The molecule has 0 spiro atoms. The van der Waals surface area contributed by atoms with E-state index in [2.05, 4.69) is 4.90 Å². The van der Waals surface area contributed by atoms with Crippen molar-refractivity contribution < 1.29 is 18.7 Å². The summed E-state index contributed by atoms with van der Waals surface area (Å²) in [6.07, 6.45) is 0.757. The molecule has 0 radical (unpaired) electrons. The number of carbonyl (C=O) groups is 1. The van der Waals surface area contributed by atoms with Gasteiger partial charge in [0, 0.05) is 26.2 Å². The summed E-state index contributed by atoms with van der Waals surface area (Å²) in [6.45, 7) is 3.05. The second kappa shape index (κ2) is 7.15. The molecule has 7 heteroatoms. The third-order valence-corrected chi connectivity index (χ3v) is 3.85. The van der Waals surface area contributed by atoms with Crippen LogP contribution in [-0.2, 0) is 0 Å². The molecule has 0 aliphatic carbocycles. The molecule has 1 saturated heterocycles. The monoisotopic (exact) mass is 318 g/mol. The van der Waals surface area contributed by atoms with Gasteiger partial charge < -0.3 is 10.0 Å². The van der Waals surface area contributed by atoms with E-state index in [0.29, 0.717) is 26.2 Å². The molecule has 1 heterocycles. The minimum absolute atomic E-state index is 0.0221. The van der Waals surface area contributed by atoms with Crippen molar-refractivity contribution in [2.45, 2.75) is 6.42 Å². The molecule has 1 aromatic rings. The van der Waals surface area contributed by atoms with Gasteiger partial charge in [0.1, 0.15) is 0 Å². The number of hydrogen-bond acceptors (Lipinski definition) is 3. The summed E-state index contributed by atoms with van der Waals surface area (Å²) in [7, 11) is 0. The van der Waals surface area contributed by atoms with E-state index in [-0.39, 0.29) is 17.2 Å². The van der Waals surface area contributed by atoms with Crippen LogP contribution in [0.15, 0.2) is 12.1 Å². The smallest absolute Gasteiger partial charge is 0.255 e. The molecule has 21 heavy (non-hydrogen) atoms. The Morgan fingerprint density at radius 3 is 2.62 bits per heavy atom. The van der Waals surface area contributed by atoms with Gasteiger partial charge in [0.2, 0.25) is 0 Å². The fourth-order valence-corrected chi connectivity index (χ4v) is 2.63. The first-order valence-corrected chi connectivity index (χ1v) is 7.17. The summed E-state index contributed by atoms with van der Waals surface area (Å²) in [5, 5.41) is 8.85. The summed E-state index contributed by atoms with van der Waals surface area (Å²) in [4.78, 5) is 16.0. The third kappa shape index (κ3) is 3.90. The van der Waals surface area contributed by atoms with Crippen molar-refractivity contribution in [2.24, 2.45) is 0 Å². The predicted octanol–water partition coefficient (Wildman–Crippen LogP) is 1.76. The Labute approximate surface area is 126 Å². The maximum Gasteiger partial charge on any atom is 0.255 e. The highest BCUT2D eigenvalue weighted by Gasteiger charge is 2.23. The zero-order valence-corrected chi connectivity index (χ0v) is 12.2. The molecule has 2 rings (SSSR count). The van der Waals surface area contributed by atoms with Gasteiger partial charge in [0.15, 0.2) is 11.6 Å². The molecule has 0 aromatic heterocycles. The number of aliphatic hydroxyl groups is 1. The maximum absolute atomic E-state index is 13.3. The molecule has 1 fully saturated rings. The van der Waals surface area contributed by atoms with E-state index < -0.39 is 17.5 Å². The maximum atomic E-state index is 13.3. The van der Waals surface area contributed by atoms with Crippen molar-refractivity contribution in [2.75, 3.05) is 39.3 Å². The lowest BCUT2D eigenvalue weighted by molar-refractivity contribution is 0.0760. The molecule has 1 aliphatic heterocycles. The standard InChI is InChI=1S/C14H17ClF2N2O2/c15-11-9-13(17)12(16)8-10(11)14(21)19-3-1-2-18(4-5-19)6-7-20/h8-9,20H,1-7H2. The van der Waals surface area contributed by atoms with E-state index in [1.165, 1.54) is 0 Å². The number of aliphatic hydroxyl groups excluding tert-OH is 1. The van der Waals surface area contributed by atoms with E-state index in [1.807, 2.05) is 0 Å². The van der Waals surface area contributed by atoms with Crippen LogP contribution in [0.1, 0.15) is 16.8 Å². The zero-order valence-electron chi connectivity index (χ0n) is 11.5. The number of benzene rings is 1. The van der Waals surface area contributed by atoms with Crippen LogP contribution in [-0.4, -0.2) is 60.1 Å². The highest BCUT2D eigenvalue weighted by atomic mass is 35.5.